The minimum absolute atomic E-state index is 0.0954. The van der Waals surface area contributed by atoms with E-state index in [2.05, 4.69) is 51.4 Å². The quantitative estimate of drug-likeness (QED) is 0.830. The van der Waals surface area contributed by atoms with E-state index in [0.29, 0.717) is 0 Å². The Morgan fingerprint density at radius 1 is 1.31 bits per heavy atom. The summed E-state index contributed by atoms with van der Waals surface area (Å²) in [7, 11) is 0. The van der Waals surface area contributed by atoms with Crippen molar-refractivity contribution < 1.29 is 0 Å². The molecule has 16 heavy (non-hydrogen) atoms. The highest BCUT2D eigenvalue weighted by atomic mass is 32.1. The highest BCUT2D eigenvalue weighted by molar-refractivity contribution is 7.10. The van der Waals surface area contributed by atoms with Crippen LogP contribution in [0.15, 0.2) is 11.4 Å². The van der Waals surface area contributed by atoms with Crippen molar-refractivity contribution in [3.8, 4) is 0 Å². The third-order valence-corrected chi connectivity index (χ3v) is 4.59. The molecule has 1 rings (SSSR count). The summed E-state index contributed by atoms with van der Waals surface area (Å²) in [4.78, 5) is 1.42. The summed E-state index contributed by atoms with van der Waals surface area (Å²) in [6, 6.07) is 2.17. The molecule has 1 heterocycles. The molecule has 0 aromatic carbocycles. The van der Waals surface area contributed by atoms with Crippen LogP contribution < -0.4 is 11.1 Å². The van der Waals surface area contributed by atoms with E-state index in [1.54, 1.807) is 0 Å². The van der Waals surface area contributed by atoms with Crippen molar-refractivity contribution in [3.63, 3.8) is 0 Å². The Bertz CT molecular complexity index is 334. The van der Waals surface area contributed by atoms with Crippen LogP contribution in [0.25, 0.3) is 0 Å². The summed E-state index contributed by atoms with van der Waals surface area (Å²) in [6.07, 6.45) is 0. The van der Waals surface area contributed by atoms with Gasteiger partial charge in [0.05, 0.1) is 0 Å². The molecule has 92 valence electrons. The second kappa shape index (κ2) is 4.86. The zero-order valence-corrected chi connectivity index (χ0v) is 11.9. The maximum absolute atomic E-state index is 6.17. The summed E-state index contributed by atoms with van der Waals surface area (Å²) in [5.74, 6) is 0. The second-order valence-electron chi connectivity index (χ2n) is 5.74. The molecule has 0 aliphatic carbocycles. The van der Waals surface area contributed by atoms with Gasteiger partial charge in [-0.2, -0.15) is 0 Å². The predicted octanol–water partition coefficient (Wildman–Crippen LogP) is 2.91. The van der Waals surface area contributed by atoms with Crippen molar-refractivity contribution in [2.24, 2.45) is 11.1 Å². The minimum Gasteiger partial charge on any atom is -0.325 e. The molecule has 0 spiro atoms. The van der Waals surface area contributed by atoms with Gasteiger partial charge >= 0.3 is 0 Å². The maximum atomic E-state index is 6.17. The molecule has 1 aromatic heterocycles. The Kier molecular flexibility index (Phi) is 4.16. The zero-order chi connectivity index (χ0) is 12.4. The smallest absolute Gasteiger partial charge is 0.0302 e. The molecule has 0 unspecified atom stereocenters. The molecule has 3 heteroatoms. The zero-order valence-electron chi connectivity index (χ0n) is 11.1. The van der Waals surface area contributed by atoms with Gasteiger partial charge in [-0.25, -0.2) is 0 Å². The van der Waals surface area contributed by atoms with Crippen LogP contribution >= 0.6 is 11.3 Å². The molecule has 3 N–H and O–H groups in total. The number of hydrogen-bond acceptors (Lipinski definition) is 3. The first-order valence-electron chi connectivity index (χ1n) is 5.76. The molecule has 2 nitrogen and oxygen atoms in total. The van der Waals surface area contributed by atoms with Crippen molar-refractivity contribution in [1.29, 1.82) is 0 Å². The summed E-state index contributed by atoms with van der Waals surface area (Å²) >= 11 is 1.81. The summed E-state index contributed by atoms with van der Waals surface area (Å²) in [5.41, 5.74) is 7.48. The molecule has 0 aliphatic rings. The van der Waals surface area contributed by atoms with Gasteiger partial charge in [0.2, 0.25) is 0 Å². The van der Waals surface area contributed by atoms with Gasteiger partial charge in [0.25, 0.3) is 0 Å². The lowest BCUT2D eigenvalue weighted by Crippen LogP contribution is -2.52. The second-order valence-corrected chi connectivity index (χ2v) is 6.74. The van der Waals surface area contributed by atoms with Crippen molar-refractivity contribution in [2.45, 2.75) is 46.7 Å². The number of nitrogens with one attached hydrogen (secondary N) is 1. The van der Waals surface area contributed by atoms with Crippen LogP contribution in [0.4, 0.5) is 0 Å². The van der Waals surface area contributed by atoms with E-state index in [1.165, 1.54) is 10.4 Å². The third-order valence-electron chi connectivity index (χ3n) is 3.56. The Morgan fingerprint density at radius 2 is 1.94 bits per heavy atom. The number of nitrogens with two attached hydrogens (primary N) is 1. The molecule has 1 aromatic rings. The van der Waals surface area contributed by atoms with Gasteiger partial charge < -0.3 is 11.1 Å². The Balaban J connectivity index is 2.45. The van der Waals surface area contributed by atoms with Crippen LogP contribution in [-0.2, 0) is 6.54 Å². The van der Waals surface area contributed by atoms with Crippen LogP contribution in [-0.4, -0.2) is 12.1 Å². The van der Waals surface area contributed by atoms with E-state index in [1.807, 2.05) is 11.3 Å². The number of hydrogen-bond donors (Lipinski definition) is 2. The Labute approximate surface area is 103 Å². The normalized spacial score (nSPS) is 13.1. The van der Waals surface area contributed by atoms with Crippen molar-refractivity contribution in [1.82, 2.24) is 5.32 Å². The molecule has 0 radical (unpaired) electrons. The van der Waals surface area contributed by atoms with Crippen LogP contribution in [0.1, 0.15) is 38.1 Å². The highest BCUT2D eigenvalue weighted by Gasteiger charge is 2.32. The highest BCUT2D eigenvalue weighted by Crippen LogP contribution is 2.27. The average Bonchev–Trinajstić information content (AvgIpc) is 2.49. The van der Waals surface area contributed by atoms with Gasteiger partial charge in [-0.15, -0.1) is 11.3 Å². The summed E-state index contributed by atoms with van der Waals surface area (Å²) < 4.78 is 0. The van der Waals surface area contributed by atoms with Gasteiger partial charge in [0, 0.05) is 23.5 Å². The first kappa shape index (κ1) is 13.7. The topological polar surface area (TPSA) is 38.0 Å². The molecule has 0 fully saturated rings. The van der Waals surface area contributed by atoms with Crippen molar-refractivity contribution in [2.75, 3.05) is 6.54 Å². The summed E-state index contributed by atoms with van der Waals surface area (Å²) in [5, 5.41) is 5.65. The fourth-order valence-corrected chi connectivity index (χ4v) is 2.18. The maximum Gasteiger partial charge on any atom is 0.0302 e. The lowest BCUT2D eigenvalue weighted by atomic mass is 9.75. The van der Waals surface area contributed by atoms with Crippen LogP contribution in [0, 0.1) is 12.3 Å². The van der Waals surface area contributed by atoms with Crippen LogP contribution in [0.3, 0.4) is 0 Å². The molecule has 0 atom stereocenters. The SMILES string of the molecule is Cc1ccsc1CNCC(C)(C)C(C)(C)N. The number of rotatable bonds is 5. The van der Waals surface area contributed by atoms with E-state index in [-0.39, 0.29) is 11.0 Å². The number of aryl methyl sites for hydroxylation is 1. The molecular formula is C13H24N2S. The first-order valence-corrected chi connectivity index (χ1v) is 6.64. The van der Waals surface area contributed by atoms with E-state index in [9.17, 15) is 0 Å². The lowest BCUT2D eigenvalue weighted by molar-refractivity contribution is 0.195. The van der Waals surface area contributed by atoms with Gasteiger partial charge in [0.1, 0.15) is 0 Å². The Hall–Kier alpha value is -0.380. The van der Waals surface area contributed by atoms with Gasteiger partial charge in [-0.05, 0) is 43.2 Å². The Morgan fingerprint density at radius 3 is 2.38 bits per heavy atom. The van der Waals surface area contributed by atoms with Crippen molar-refractivity contribution >= 4 is 11.3 Å². The first-order chi connectivity index (χ1) is 7.24. The molecule has 0 amide bonds. The summed E-state index contributed by atoms with van der Waals surface area (Å²) in [6.45, 7) is 12.6. The van der Waals surface area contributed by atoms with Crippen LogP contribution in [0.5, 0.6) is 0 Å². The van der Waals surface area contributed by atoms with Gasteiger partial charge in [-0.1, -0.05) is 13.8 Å². The third kappa shape index (κ3) is 3.30. The fourth-order valence-electron chi connectivity index (χ4n) is 1.30. The number of thiophene rings is 1. The van der Waals surface area contributed by atoms with E-state index >= 15 is 0 Å². The minimum atomic E-state index is -0.162. The predicted molar refractivity (Wildman–Crippen MR) is 72.8 cm³/mol. The van der Waals surface area contributed by atoms with E-state index in [4.69, 9.17) is 5.73 Å². The van der Waals surface area contributed by atoms with Gasteiger partial charge in [-0.3, -0.25) is 0 Å². The monoisotopic (exact) mass is 240 g/mol. The average molecular weight is 240 g/mol. The van der Waals surface area contributed by atoms with E-state index in [0.717, 1.165) is 13.1 Å². The fraction of sp³-hybridized carbons (Fsp3) is 0.692. The molecule has 0 bridgehead atoms. The largest absolute Gasteiger partial charge is 0.325 e. The molecular weight excluding hydrogens is 216 g/mol. The standard InChI is InChI=1S/C13H24N2S/c1-10-6-7-16-11(10)8-15-9-12(2,3)13(4,5)14/h6-7,15H,8-9,14H2,1-5H3. The molecule has 0 aliphatic heterocycles. The van der Waals surface area contributed by atoms with Gasteiger partial charge in [0.15, 0.2) is 0 Å². The molecule has 0 saturated heterocycles. The molecule has 0 saturated carbocycles. The lowest BCUT2D eigenvalue weighted by Gasteiger charge is -2.38. The van der Waals surface area contributed by atoms with E-state index < -0.39 is 0 Å². The van der Waals surface area contributed by atoms with Crippen molar-refractivity contribution in [3.05, 3.63) is 21.9 Å². The van der Waals surface area contributed by atoms with Crippen LogP contribution in [0.2, 0.25) is 0 Å².